The Hall–Kier alpha value is -3.11. The van der Waals surface area contributed by atoms with Crippen LogP contribution in [0.4, 0.5) is 23.2 Å². The van der Waals surface area contributed by atoms with Crippen LogP contribution in [-0.2, 0) is 0 Å². The Kier molecular flexibility index (Phi) is 6.51. The number of nitrogens with zero attached hydrogens (tertiary/aromatic N) is 4. The first kappa shape index (κ1) is 22.6. The summed E-state index contributed by atoms with van der Waals surface area (Å²) in [4.78, 5) is 12.6. The number of rotatable bonds is 5. The summed E-state index contributed by atoms with van der Waals surface area (Å²) < 4.78 is 54.7. The molecule has 6 nitrogen and oxygen atoms in total. The van der Waals surface area contributed by atoms with Gasteiger partial charge in [-0.05, 0) is 48.0 Å². The Balaban J connectivity index is 1.80. The molecule has 0 atom stereocenters. The SMILES string of the molecule is CN(/N=C\c1ccc(OC(F)(F)F)cc1)c1cnn(-c2ccc(F)c(Cl)c2)c(=O)c1Cl. The quantitative estimate of drug-likeness (QED) is 0.295. The molecule has 1 heterocycles. The van der Waals surface area contributed by atoms with Gasteiger partial charge < -0.3 is 4.74 Å². The fourth-order valence-corrected chi connectivity index (χ4v) is 2.85. The zero-order chi connectivity index (χ0) is 22.8. The Bertz CT molecular complexity index is 1180. The van der Waals surface area contributed by atoms with Gasteiger partial charge in [-0.15, -0.1) is 13.2 Å². The first-order valence-electron chi connectivity index (χ1n) is 8.42. The molecule has 12 heteroatoms. The fourth-order valence-electron chi connectivity index (χ4n) is 2.42. The number of hydrazone groups is 1. The van der Waals surface area contributed by atoms with Crippen molar-refractivity contribution in [3.63, 3.8) is 0 Å². The monoisotopic (exact) mass is 474 g/mol. The van der Waals surface area contributed by atoms with Gasteiger partial charge in [0, 0.05) is 7.05 Å². The van der Waals surface area contributed by atoms with Gasteiger partial charge in [-0.25, -0.2) is 4.39 Å². The summed E-state index contributed by atoms with van der Waals surface area (Å²) in [7, 11) is 1.50. The number of benzene rings is 2. The van der Waals surface area contributed by atoms with Gasteiger partial charge >= 0.3 is 6.36 Å². The largest absolute Gasteiger partial charge is 0.573 e. The highest BCUT2D eigenvalue weighted by molar-refractivity contribution is 6.33. The molecule has 2 aromatic carbocycles. The lowest BCUT2D eigenvalue weighted by molar-refractivity contribution is -0.274. The average Bonchev–Trinajstić information content (AvgIpc) is 2.70. The molecule has 0 aliphatic heterocycles. The molecule has 0 aliphatic rings. The molecule has 1 aromatic heterocycles. The zero-order valence-electron chi connectivity index (χ0n) is 15.6. The van der Waals surface area contributed by atoms with E-state index in [9.17, 15) is 22.4 Å². The van der Waals surface area contributed by atoms with E-state index in [-0.39, 0.29) is 27.2 Å². The summed E-state index contributed by atoms with van der Waals surface area (Å²) in [6.07, 6.45) is -2.16. The molecule has 0 amide bonds. The van der Waals surface area contributed by atoms with Crippen LogP contribution < -0.4 is 15.3 Å². The van der Waals surface area contributed by atoms with Crippen LogP contribution in [0, 0.1) is 5.82 Å². The van der Waals surface area contributed by atoms with E-state index >= 15 is 0 Å². The maximum absolute atomic E-state index is 13.3. The summed E-state index contributed by atoms with van der Waals surface area (Å²) in [6.45, 7) is 0. The van der Waals surface area contributed by atoms with Crippen molar-refractivity contribution in [3.05, 3.63) is 80.4 Å². The maximum atomic E-state index is 13.3. The minimum Gasteiger partial charge on any atom is -0.406 e. The second-order valence-electron chi connectivity index (χ2n) is 6.04. The molecule has 0 unspecified atom stereocenters. The summed E-state index contributed by atoms with van der Waals surface area (Å²) in [5.41, 5.74) is 0.180. The number of anilines is 1. The van der Waals surface area contributed by atoms with Gasteiger partial charge in [0.05, 0.1) is 23.1 Å². The molecule has 31 heavy (non-hydrogen) atoms. The molecule has 0 saturated carbocycles. The molecule has 0 aliphatic carbocycles. The highest BCUT2D eigenvalue weighted by atomic mass is 35.5. The van der Waals surface area contributed by atoms with Gasteiger partial charge in [-0.1, -0.05) is 23.2 Å². The zero-order valence-corrected chi connectivity index (χ0v) is 17.1. The topological polar surface area (TPSA) is 59.7 Å². The Morgan fingerprint density at radius 1 is 1.16 bits per heavy atom. The van der Waals surface area contributed by atoms with Crippen molar-refractivity contribution in [2.24, 2.45) is 5.10 Å². The highest BCUT2D eigenvalue weighted by Crippen LogP contribution is 2.24. The van der Waals surface area contributed by atoms with Crippen LogP contribution in [0.1, 0.15) is 5.56 Å². The normalized spacial score (nSPS) is 11.7. The molecule has 0 N–H and O–H groups in total. The van der Waals surface area contributed by atoms with Gasteiger partial charge in [-0.3, -0.25) is 9.80 Å². The van der Waals surface area contributed by atoms with E-state index in [1.54, 1.807) is 0 Å². The molecule has 0 fully saturated rings. The lowest BCUT2D eigenvalue weighted by Gasteiger charge is -2.15. The summed E-state index contributed by atoms with van der Waals surface area (Å²) >= 11 is 11.9. The van der Waals surface area contributed by atoms with Crippen LogP contribution in [0.25, 0.3) is 5.69 Å². The van der Waals surface area contributed by atoms with Crippen molar-refractivity contribution in [1.29, 1.82) is 0 Å². The smallest absolute Gasteiger partial charge is 0.406 e. The van der Waals surface area contributed by atoms with E-state index in [2.05, 4.69) is 14.9 Å². The number of ether oxygens (including phenoxy) is 1. The van der Waals surface area contributed by atoms with Crippen LogP contribution in [0.5, 0.6) is 5.75 Å². The van der Waals surface area contributed by atoms with Gasteiger partial charge in [0.15, 0.2) is 0 Å². The van der Waals surface area contributed by atoms with Gasteiger partial charge in [0.2, 0.25) is 0 Å². The third-order valence-electron chi connectivity index (χ3n) is 3.89. The van der Waals surface area contributed by atoms with Crippen molar-refractivity contribution in [2.75, 3.05) is 12.1 Å². The first-order valence-corrected chi connectivity index (χ1v) is 9.17. The minimum atomic E-state index is -4.78. The van der Waals surface area contributed by atoms with E-state index in [1.807, 2.05) is 0 Å². The maximum Gasteiger partial charge on any atom is 0.573 e. The molecular weight excluding hydrogens is 463 g/mol. The van der Waals surface area contributed by atoms with Crippen LogP contribution in [0.15, 0.2) is 58.6 Å². The summed E-state index contributed by atoms with van der Waals surface area (Å²) in [5, 5.41) is 8.98. The van der Waals surface area contributed by atoms with Crippen LogP contribution in [-0.4, -0.2) is 29.4 Å². The van der Waals surface area contributed by atoms with E-state index in [1.165, 1.54) is 48.7 Å². The number of halogens is 6. The number of alkyl halides is 3. The van der Waals surface area contributed by atoms with Gasteiger partial charge in [0.1, 0.15) is 22.3 Å². The van der Waals surface area contributed by atoms with E-state index < -0.39 is 17.7 Å². The first-order chi connectivity index (χ1) is 14.5. The molecule has 0 radical (unpaired) electrons. The predicted molar refractivity (Wildman–Crippen MR) is 109 cm³/mol. The lowest BCUT2D eigenvalue weighted by atomic mass is 10.2. The number of hydrogen-bond acceptors (Lipinski definition) is 5. The average molecular weight is 475 g/mol. The fraction of sp³-hybridized carbons (Fsp3) is 0.105. The minimum absolute atomic E-state index is 0.171. The van der Waals surface area contributed by atoms with Crippen molar-refractivity contribution >= 4 is 35.1 Å². The highest BCUT2D eigenvalue weighted by Gasteiger charge is 2.30. The van der Waals surface area contributed by atoms with E-state index in [0.717, 1.165) is 22.9 Å². The molecule has 0 spiro atoms. The van der Waals surface area contributed by atoms with Gasteiger partial charge in [0.25, 0.3) is 5.56 Å². The van der Waals surface area contributed by atoms with Crippen LogP contribution >= 0.6 is 23.2 Å². The van der Waals surface area contributed by atoms with Crippen molar-refractivity contribution in [2.45, 2.75) is 6.36 Å². The molecule has 3 aromatic rings. The molecular formula is C19H12Cl2F4N4O2. The second-order valence-corrected chi connectivity index (χ2v) is 6.83. The Morgan fingerprint density at radius 2 is 1.84 bits per heavy atom. The van der Waals surface area contributed by atoms with Crippen molar-refractivity contribution < 1.29 is 22.3 Å². The molecule has 162 valence electrons. The molecule has 0 saturated heterocycles. The van der Waals surface area contributed by atoms with Gasteiger partial charge in [-0.2, -0.15) is 14.9 Å². The standard InChI is InChI=1S/C19H12Cl2F4N4O2/c1-28(26-9-11-2-5-13(6-3-11)31-19(23,24)25)16-10-27-29(18(30)17(16)21)12-4-7-15(22)14(20)8-12/h2-10H,1H3/b26-9-. The second kappa shape index (κ2) is 8.94. The Morgan fingerprint density at radius 3 is 2.45 bits per heavy atom. The summed E-state index contributed by atoms with van der Waals surface area (Å²) in [6, 6.07) is 8.66. The van der Waals surface area contributed by atoms with E-state index in [0.29, 0.717) is 5.56 Å². The van der Waals surface area contributed by atoms with E-state index in [4.69, 9.17) is 23.2 Å². The van der Waals surface area contributed by atoms with Crippen LogP contribution in [0.2, 0.25) is 10.0 Å². The molecule has 3 rings (SSSR count). The summed E-state index contributed by atoms with van der Waals surface area (Å²) in [5.74, 6) is -1.01. The third-order valence-corrected chi connectivity index (χ3v) is 4.54. The van der Waals surface area contributed by atoms with Crippen molar-refractivity contribution in [1.82, 2.24) is 9.78 Å². The lowest BCUT2D eigenvalue weighted by Crippen LogP contribution is -2.24. The van der Waals surface area contributed by atoms with Crippen molar-refractivity contribution in [3.8, 4) is 11.4 Å². The third kappa shape index (κ3) is 5.53. The number of hydrogen-bond donors (Lipinski definition) is 0. The number of aromatic nitrogens is 2. The predicted octanol–water partition coefficient (Wildman–Crippen LogP) is 5.05. The van der Waals surface area contributed by atoms with Crippen LogP contribution in [0.3, 0.4) is 0 Å². The molecule has 0 bridgehead atoms. The Labute approximate surface area is 182 Å².